The summed E-state index contributed by atoms with van der Waals surface area (Å²) in [4.78, 5) is 124. The fraction of sp³-hybridized carbons (Fsp3) is 0.224. The van der Waals surface area contributed by atoms with E-state index in [1.165, 1.54) is 39.0 Å². The minimum atomic E-state index is -6.40. The summed E-state index contributed by atoms with van der Waals surface area (Å²) in [7, 11) is 0. The number of halogens is 12. The minimum absolute atomic E-state index is 0.0466. The number of nitrogens with zero attached hydrogens (tertiary/aromatic N) is 3. The van der Waals surface area contributed by atoms with Gasteiger partial charge in [0, 0.05) is 13.0 Å². The number of imide groups is 4. The zero-order valence-corrected chi connectivity index (χ0v) is 43.8. The van der Waals surface area contributed by atoms with Crippen molar-refractivity contribution < 1.29 is 106 Å². The predicted molar refractivity (Wildman–Crippen MR) is 271 cm³/mol. The molecule has 0 spiro atoms. The van der Waals surface area contributed by atoms with Gasteiger partial charge in [0.15, 0.2) is 0 Å². The number of aliphatic hydroxyl groups excluding tert-OH is 1. The van der Waals surface area contributed by atoms with Crippen LogP contribution in [0.1, 0.15) is 144 Å². The van der Waals surface area contributed by atoms with Gasteiger partial charge in [0.2, 0.25) is 10.8 Å². The number of carbonyl (C=O) groups is 9. The number of hydrogen-bond donors (Lipinski definition) is 2. The van der Waals surface area contributed by atoms with Crippen molar-refractivity contribution >= 4 is 70.3 Å². The molecule has 6 aromatic rings. The molecule has 4 aliphatic rings. The zero-order chi connectivity index (χ0) is 62.3. The molecule has 27 heteroatoms. The molecular weight excluding hydrogens is 1160 g/mol. The summed E-state index contributed by atoms with van der Waals surface area (Å²) in [5, 5.41) is 10.8. The maximum Gasteiger partial charge on any atom is 0.411 e. The zero-order valence-electron chi connectivity index (χ0n) is 43.8. The molecule has 2 N–H and O–H groups in total. The third-order valence-electron chi connectivity index (χ3n) is 15.3. The number of alkyl halides is 12. The second kappa shape index (κ2) is 19.5. The average molecular weight is 1190 g/mol. The van der Waals surface area contributed by atoms with Gasteiger partial charge in [0.25, 0.3) is 47.3 Å². The Morgan fingerprint density at radius 2 is 0.800 bits per heavy atom. The van der Waals surface area contributed by atoms with Crippen LogP contribution < -0.4 is 20.0 Å². The Hall–Kier alpha value is -9.53. The number of amides is 8. The van der Waals surface area contributed by atoms with E-state index in [2.05, 4.69) is 0 Å². The minimum Gasteiger partial charge on any atom is -0.462 e. The smallest absolute Gasteiger partial charge is 0.411 e. The number of esters is 1. The molecule has 438 valence electrons. The largest absolute Gasteiger partial charge is 0.462 e. The molecule has 0 bridgehead atoms. The summed E-state index contributed by atoms with van der Waals surface area (Å²) >= 11 is 0. The van der Waals surface area contributed by atoms with Gasteiger partial charge in [-0.3, -0.25) is 43.7 Å². The molecule has 0 unspecified atom stereocenters. The quantitative estimate of drug-likeness (QED) is 0.0540. The molecule has 15 nitrogen and oxygen atoms in total. The topological polar surface area (TPSA) is 205 Å². The maximum atomic E-state index is 15.8. The Balaban J connectivity index is 1.02. The normalized spacial score (nSPS) is 15.5. The molecule has 0 aromatic heterocycles. The molecule has 0 saturated heterocycles. The number of rotatable bonds is 11. The van der Waals surface area contributed by atoms with Crippen molar-refractivity contribution in [2.75, 3.05) is 27.9 Å². The predicted octanol–water partition coefficient (Wildman–Crippen LogP) is 10.6. The van der Waals surface area contributed by atoms with Gasteiger partial charge in [-0.15, -0.1) is 0 Å². The summed E-state index contributed by atoms with van der Waals surface area (Å²) in [5.74, 6) is -11.8. The second-order valence-electron chi connectivity index (χ2n) is 20.3. The molecule has 0 radical (unpaired) electrons. The summed E-state index contributed by atoms with van der Waals surface area (Å²) in [6, 6.07) is 8.71. The lowest BCUT2D eigenvalue weighted by molar-refractivity contribution is -0.290. The summed E-state index contributed by atoms with van der Waals surface area (Å²) < 4.78 is 192. The van der Waals surface area contributed by atoms with Gasteiger partial charge in [-0.25, -0.2) is 19.5 Å². The lowest BCUT2D eigenvalue weighted by atomic mass is 9.71. The van der Waals surface area contributed by atoms with Crippen LogP contribution in [0.2, 0.25) is 0 Å². The van der Waals surface area contributed by atoms with Gasteiger partial charge < -0.3 is 9.84 Å². The highest BCUT2D eigenvalue weighted by Gasteiger charge is 2.74. The van der Waals surface area contributed by atoms with E-state index < -0.39 is 167 Å². The molecule has 10 rings (SSSR count). The van der Waals surface area contributed by atoms with Crippen molar-refractivity contribution in [1.29, 1.82) is 0 Å². The first-order valence-electron chi connectivity index (χ1n) is 24.9. The van der Waals surface area contributed by atoms with Crippen LogP contribution in [0.5, 0.6) is 0 Å². The Bertz CT molecular complexity index is 4040. The van der Waals surface area contributed by atoms with Gasteiger partial charge in [0.05, 0.1) is 73.7 Å². The van der Waals surface area contributed by atoms with Crippen molar-refractivity contribution in [2.24, 2.45) is 0 Å². The van der Waals surface area contributed by atoms with E-state index >= 15 is 52.7 Å². The number of aryl methyl sites for hydroxylation is 3. The lowest BCUT2D eigenvalue weighted by Gasteiger charge is -2.38. The second-order valence-corrected chi connectivity index (χ2v) is 20.3. The fourth-order valence-electron chi connectivity index (χ4n) is 11.6. The van der Waals surface area contributed by atoms with Gasteiger partial charge >= 0.3 is 30.7 Å². The van der Waals surface area contributed by atoms with Crippen LogP contribution in [0.15, 0.2) is 97.1 Å². The standard InChI is InChI=1S/C58H36F12N4O11/c1-24-16-28(52(84)85-15-5-14-75)19-33(17-24)72-46(78)35-11-7-30(21-39(35)49(72)81)54(57(65,66)67,58(68,69)70)32-9-13-37-41(23-32)51(83)74(48(37)80)43-26(3)18-25(2)42(27(43)4)73-47(79)36-12-8-31(22-40(36)50(73)82)53(55(59,60)61,56(62,63)64)29-6-10-34-38(20-29)45(77)71-44(34)76/h6-13,16-23,75H,5,14-15H2,1-4H3,(H,71,76,77). The highest BCUT2D eigenvalue weighted by atomic mass is 19.4. The number of benzene rings is 6. The Labute approximate surface area is 469 Å². The van der Waals surface area contributed by atoms with E-state index in [1.807, 2.05) is 0 Å². The van der Waals surface area contributed by atoms with E-state index in [-0.39, 0.29) is 89.5 Å². The van der Waals surface area contributed by atoms with Crippen LogP contribution in [-0.2, 0) is 15.6 Å². The van der Waals surface area contributed by atoms with Crippen LogP contribution in [0.3, 0.4) is 0 Å². The van der Waals surface area contributed by atoms with Crippen molar-refractivity contribution in [3.05, 3.63) is 192 Å². The summed E-state index contributed by atoms with van der Waals surface area (Å²) in [6.45, 7) is 4.51. The van der Waals surface area contributed by atoms with Crippen molar-refractivity contribution in [1.82, 2.24) is 5.32 Å². The third-order valence-corrected chi connectivity index (χ3v) is 15.3. The van der Waals surface area contributed by atoms with Crippen molar-refractivity contribution in [2.45, 2.75) is 69.7 Å². The number of anilines is 3. The first kappa shape index (κ1) is 58.7. The Kier molecular flexibility index (Phi) is 13.5. The number of hydrogen-bond acceptors (Lipinski definition) is 11. The molecule has 0 fully saturated rings. The van der Waals surface area contributed by atoms with E-state index in [4.69, 9.17) is 9.84 Å². The number of fused-ring (bicyclic) bond motifs is 4. The number of carbonyl (C=O) groups excluding carboxylic acids is 9. The van der Waals surface area contributed by atoms with Gasteiger partial charge in [0.1, 0.15) is 0 Å². The summed E-state index contributed by atoms with van der Waals surface area (Å²) in [6.07, 6.45) is -25.4. The molecule has 0 saturated carbocycles. The van der Waals surface area contributed by atoms with Crippen LogP contribution in [-0.4, -0.2) is 96.3 Å². The highest BCUT2D eigenvalue weighted by molar-refractivity contribution is 6.38. The molecule has 85 heavy (non-hydrogen) atoms. The first-order chi connectivity index (χ1) is 39.6. The molecular formula is C58H36F12N4O11. The number of aliphatic hydroxyl groups is 1. The SMILES string of the molecule is Cc1cc(C(=O)OCCCO)cc(N2C(=O)c3ccc(C(c4ccc5c(c4)C(=O)N(c4c(C)cc(C)c(N6C(=O)c7ccc(C(c8ccc9c(c8)C(=O)NC9=O)(C(F)(F)F)C(F)(F)F)cc7C6=O)c4C)C5=O)(C(F)(F)F)C(F)(F)F)cc3C2=O)c1. The first-order valence-corrected chi connectivity index (χ1v) is 24.9. The fourth-order valence-corrected chi connectivity index (χ4v) is 11.6. The van der Waals surface area contributed by atoms with Gasteiger partial charge in [-0.2, -0.15) is 52.7 Å². The molecule has 4 heterocycles. The Morgan fingerprint density at radius 1 is 0.447 bits per heavy atom. The van der Waals surface area contributed by atoms with Crippen molar-refractivity contribution in [3.63, 3.8) is 0 Å². The van der Waals surface area contributed by atoms with E-state index in [9.17, 15) is 43.2 Å². The monoisotopic (exact) mass is 1190 g/mol. The van der Waals surface area contributed by atoms with Gasteiger partial charge in [-0.1, -0.05) is 30.3 Å². The highest BCUT2D eigenvalue weighted by Crippen LogP contribution is 2.59. The van der Waals surface area contributed by atoms with Gasteiger partial charge in [-0.05, 0) is 139 Å². The number of nitrogens with one attached hydrogen (secondary N) is 1. The Morgan fingerprint density at radius 3 is 1.20 bits per heavy atom. The van der Waals surface area contributed by atoms with Crippen LogP contribution in [0, 0.1) is 27.7 Å². The molecule has 0 aliphatic carbocycles. The summed E-state index contributed by atoms with van der Waals surface area (Å²) in [5.41, 5.74) is -25.1. The van der Waals surface area contributed by atoms with E-state index in [0.29, 0.717) is 51.1 Å². The van der Waals surface area contributed by atoms with Crippen LogP contribution in [0.4, 0.5) is 69.7 Å². The van der Waals surface area contributed by atoms with Crippen LogP contribution in [0.25, 0.3) is 0 Å². The maximum absolute atomic E-state index is 15.8. The molecule has 4 aliphatic heterocycles. The van der Waals surface area contributed by atoms with Crippen molar-refractivity contribution in [3.8, 4) is 0 Å². The number of ether oxygens (including phenoxy) is 1. The van der Waals surface area contributed by atoms with E-state index in [0.717, 1.165) is 13.0 Å². The lowest BCUT2D eigenvalue weighted by Crippen LogP contribution is -2.55. The average Bonchev–Trinajstić information content (AvgIpc) is 1.72. The third kappa shape index (κ3) is 8.42. The van der Waals surface area contributed by atoms with Crippen LogP contribution >= 0.6 is 0 Å². The molecule has 8 amide bonds. The molecule has 0 atom stereocenters. The molecule has 6 aromatic carbocycles. The van der Waals surface area contributed by atoms with E-state index in [1.54, 1.807) is 5.32 Å².